The zero-order valence-electron chi connectivity index (χ0n) is 18.9. The summed E-state index contributed by atoms with van der Waals surface area (Å²) in [5, 5.41) is 0.494. The van der Waals surface area contributed by atoms with Crippen molar-refractivity contribution in [3.05, 3.63) is 106 Å². The molecule has 0 saturated carbocycles. The lowest BCUT2D eigenvalue weighted by molar-refractivity contribution is -0.146. The number of esters is 1. The summed E-state index contributed by atoms with van der Waals surface area (Å²) in [6, 6.07) is 22.0. The fourth-order valence-electron chi connectivity index (χ4n) is 5.99. The molecule has 5 nitrogen and oxygen atoms in total. The van der Waals surface area contributed by atoms with Gasteiger partial charge >= 0.3 is 5.97 Å². The molecular weight excluding hydrogens is 521 g/mol. The molecule has 1 fully saturated rings. The van der Waals surface area contributed by atoms with Crippen molar-refractivity contribution in [3.8, 4) is 0 Å². The summed E-state index contributed by atoms with van der Waals surface area (Å²) in [7, 11) is 0. The molecule has 0 spiro atoms. The van der Waals surface area contributed by atoms with Crippen molar-refractivity contribution in [1.82, 2.24) is 4.90 Å². The van der Waals surface area contributed by atoms with E-state index in [-0.39, 0.29) is 19.6 Å². The lowest BCUT2D eigenvalue weighted by Gasteiger charge is -2.54. The zero-order chi connectivity index (χ0) is 25.2. The Hall–Kier alpha value is -2.86. The number of hydrogen-bond donors (Lipinski definition) is 0. The first kappa shape index (κ1) is 23.5. The van der Waals surface area contributed by atoms with E-state index in [1.165, 1.54) is 0 Å². The van der Waals surface area contributed by atoms with Crippen LogP contribution in [0.1, 0.15) is 34.2 Å². The van der Waals surface area contributed by atoms with E-state index in [1.807, 2.05) is 48.5 Å². The van der Waals surface area contributed by atoms with Gasteiger partial charge in [-0.25, -0.2) is 0 Å². The number of rotatable bonds is 5. The van der Waals surface area contributed by atoms with E-state index in [0.717, 1.165) is 27.2 Å². The van der Waals surface area contributed by atoms with E-state index in [1.54, 1.807) is 24.3 Å². The normalized spacial score (nSPS) is 27.5. The average Bonchev–Trinajstić information content (AvgIpc) is 3.16. The number of carbonyl (C=O) groups is 3. The highest BCUT2D eigenvalue weighted by atomic mass is 35.5. The summed E-state index contributed by atoms with van der Waals surface area (Å²) in [6.45, 7) is -0.107. The van der Waals surface area contributed by atoms with Gasteiger partial charge in [0.25, 0.3) is 0 Å². The highest BCUT2D eigenvalue weighted by molar-refractivity contribution is 6.36. The molecule has 2 amide bonds. The number of halogens is 3. The number of benzene rings is 3. The number of alkyl halides is 2. The Bertz CT molecular complexity index is 1320. The van der Waals surface area contributed by atoms with Crippen molar-refractivity contribution >= 4 is 52.6 Å². The second-order valence-electron chi connectivity index (χ2n) is 9.30. The van der Waals surface area contributed by atoms with Crippen LogP contribution >= 0.6 is 34.8 Å². The van der Waals surface area contributed by atoms with Crippen molar-refractivity contribution in [2.75, 3.05) is 6.54 Å². The molecule has 3 aliphatic carbocycles. The minimum Gasteiger partial charge on any atom is -0.461 e. The maximum Gasteiger partial charge on any atom is 0.307 e. The van der Waals surface area contributed by atoms with Crippen molar-refractivity contribution in [2.45, 2.75) is 22.8 Å². The van der Waals surface area contributed by atoms with Crippen molar-refractivity contribution < 1.29 is 19.1 Å². The summed E-state index contributed by atoms with van der Waals surface area (Å²) < 4.78 is 5.33. The fourth-order valence-corrected chi connectivity index (χ4v) is 7.28. The van der Waals surface area contributed by atoms with Crippen molar-refractivity contribution in [1.29, 1.82) is 0 Å². The number of imide groups is 1. The molecule has 182 valence electrons. The molecular formula is C28H20Cl3NO4. The minimum atomic E-state index is -1.24. The first-order valence-corrected chi connectivity index (χ1v) is 12.7. The number of ether oxygens (including phenoxy) is 1. The number of carbonyl (C=O) groups excluding carboxylic acids is 3. The largest absolute Gasteiger partial charge is 0.461 e. The summed E-state index contributed by atoms with van der Waals surface area (Å²) in [5.41, 5.74) is 3.63. The van der Waals surface area contributed by atoms with Gasteiger partial charge in [-0.3, -0.25) is 19.3 Å². The standard InChI is InChI=1S/C28H20Cl3NO4/c29-21-12-6-1-7-16(21)15-36-22(33)13-14-32-25(34)23-24(26(32)35)28(31)18-9-3-2-8-17(18)27(23,30)19-10-4-5-11-20(19)28/h1-12,23-24H,13-15H2/t23-,24-,27?,28?/m0/s1. The van der Waals surface area contributed by atoms with Crippen LogP contribution in [0.2, 0.25) is 5.02 Å². The Morgan fingerprint density at radius 1 is 0.778 bits per heavy atom. The quantitative estimate of drug-likeness (QED) is 0.248. The third kappa shape index (κ3) is 3.06. The van der Waals surface area contributed by atoms with Crippen LogP contribution in [0.25, 0.3) is 0 Å². The van der Waals surface area contributed by atoms with Crippen LogP contribution in [0.4, 0.5) is 0 Å². The van der Waals surface area contributed by atoms with Crippen LogP contribution < -0.4 is 0 Å². The van der Waals surface area contributed by atoms with Gasteiger partial charge in [0.05, 0.1) is 18.3 Å². The monoisotopic (exact) mass is 539 g/mol. The molecule has 7 rings (SSSR count). The molecule has 3 aromatic rings. The second-order valence-corrected chi connectivity index (χ2v) is 10.9. The van der Waals surface area contributed by atoms with Crippen molar-refractivity contribution in [2.24, 2.45) is 11.8 Å². The highest BCUT2D eigenvalue weighted by Gasteiger charge is 2.72. The maximum atomic E-state index is 13.7. The molecule has 4 aliphatic rings. The lowest BCUT2D eigenvalue weighted by Crippen LogP contribution is -2.57. The molecule has 2 atom stereocenters. The molecule has 0 radical (unpaired) electrons. The van der Waals surface area contributed by atoms with Crippen LogP contribution in [0.3, 0.4) is 0 Å². The summed E-state index contributed by atoms with van der Waals surface area (Å²) in [5.74, 6) is -3.15. The van der Waals surface area contributed by atoms with Crippen molar-refractivity contribution in [3.63, 3.8) is 0 Å². The third-order valence-corrected chi connectivity index (χ3v) is 9.22. The van der Waals surface area contributed by atoms with Gasteiger partial charge in [0.1, 0.15) is 16.4 Å². The second kappa shape index (κ2) is 8.34. The first-order valence-electron chi connectivity index (χ1n) is 11.6. The topological polar surface area (TPSA) is 63.7 Å². The van der Waals surface area contributed by atoms with Gasteiger partial charge in [-0.1, -0.05) is 78.3 Å². The van der Waals surface area contributed by atoms with Gasteiger partial charge in [0.15, 0.2) is 0 Å². The van der Waals surface area contributed by atoms with E-state index in [9.17, 15) is 14.4 Å². The van der Waals surface area contributed by atoms with Gasteiger partial charge in [-0.05, 0) is 28.3 Å². The zero-order valence-corrected chi connectivity index (χ0v) is 21.2. The molecule has 36 heavy (non-hydrogen) atoms. The summed E-state index contributed by atoms with van der Waals surface area (Å²) in [4.78, 5) is 38.6. The lowest BCUT2D eigenvalue weighted by atomic mass is 9.54. The van der Waals surface area contributed by atoms with Gasteiger partial charge in [0, 0.05) is 17.1 Å². The Kier molecular flexibility index (Phi) is 5.45. The Morgan fingerprint density at radius 2 is 1.22 bits per heavy atom. The highest BCUT2D eigenvalue weighted by Crippen LogP contribution is 2.69. The smallest absolute Gasteiger partial charge is 0.307 e. The van der Waals surface area contributed by atoms with E-state index in [4.69, 9.17) is 39.5 Å². The number of nitrogens with zero attached hydrogens (tertiary/aromatic N) is 1. The van der Waals surface area contributed by atoms with E-state index >= 15 is 0 Å². The van der Waals surface area contributed by atoms with E-state index < -0.39 is 39.4 Å². The molecule has 8 heteroatoms. The first-order chi connectivity index (χ1) is 17.3. The Balaban J connectivity index is 1.29. The molecule has 0 N–H and O–H groups in total. The summed E-state index contributed by atoms with van der Waals surface area (Å²) in [6.07, 6.45) is -0.147. The van der Waals surface area contributed by atoms with Gasteiger partial charge in [-0.2, -0.15) is 0 Å². The molecule has 0 aromatic heterocycles. The average molecular weight is 541 g/mol. The Labute approximate surface area is 222 Å². The van der Waals surface area contributed by atoms with Gasteiger partial charge in [-0.15, -0.1) is 23.2 Å². The predicted molar refractivity (Wildman–Crippen MR) is 136 cm³/mol. The molecule has 1 saturated heterocycles. The van der Waals surface area contributed by atoms with E-state index in [2.05, 4.69) is 0 Å². The third-order valence-electron chi connectivity index (χ3n) is 7.56. The maximum absolute atomic E-state index is 13.7. The minimum absolute atomic E-state index is 0.00580. The van der Waals surface area contributed by atoms with E-state index in [0.29, 0.717) is 10.6 Å². The molecule has 3 aromatic carbocycles. The van der Waals surface area contributed by atoms with Crippen LogP contribution in [0.15, 0.2) is 72.8 Å². The molecule has 0 unspecified atom stereocenters. The van der Waals surface area contributed by atoms with Gasteiger partial charge in [0.2, 0.25) is 11.8 Å². The van der Waals surface area contributed by atoms with Crippen LogP contribution in [-0.2, 0) is 35.5 Å². The van der Waals surface area contributed by atoms with Crippen LogP contribution in [0.5, 0.6) is 0 Å². The molecule has 2 bridgehead atoms. The predicted octanol–water partition coefficient (Wildman–Crippen LogP) is 5.37. The van der Waals surface area contributed by atoms with Crippen LogP contribution in [-0.4, -0.2) is 29.2 Å². The summed E-state index contributed by atoms with van der Waals surface area (Å²) >= 11 is 20.9. The molecule has 1 heterocycles. The van der Waals surface area contributed by atoms with Crippen LogP contribution in [0, 0.1) is 11.8 Å². The van der Waals surface area contributed by atoms with Gasteiger partial charge < -0.3 is 4.74 Å². The number of hydrogen-bond acceptors (Lipinski definition) is 4. The number of likely N-dealkylation sites (tertiary alicyclic amines) is 1. The molecule has 1 aliphatic heterocycles. The number of amides is 2. The fraction of sp³-hybridized carbons (Fsp3) is 0.250. The Morgan fingerprint density at radius 3 is 1.69 bits per heavy atom. The SMILES string of the molecule is O=C(CCN1C(=O)[C@@H]2[C@@H](C1=O)C1(Cl)c3ccccc3C2(Cl)c2ccccc21)OCc1ccccc1Cl.